The molecule has 2 unspecified atom stereocenters. The van der Waals surface area contributed by atoms with Gasteiger partial charge in [0.25, 0.3) is 0 Å². The van der Waals surface area contributed by atoms with Crippen molar-refractivity contribution in [3.05, 3.63) is 0 Å². The minimum atomic E-state index is 0.223. The highest BCUT2D eigenvalue weighted by Gasteiger charge is 2.34. The molecule has 2 heterocycles. The fourth-order valence-corrected chi connectivity index (χ4v) is 6.42. The second-order valence-corrected chi connectivity index (χ2v) is 13.2. The Kier molecular flexibility index (Phi) is 8.32. The second kappa shape index (κ2) is 9.59. The molecule has 0 aromatic heterocycles. The summed E-state index contributed by atoms with van der Waals surface area (Å²) in [5, 5.41) is 3.77. The largest absolute Gasteiger partial charge is 0.352 e. The highest BCUT2D eigenvalue weighted by molar-refractivity contribution is 6.04. The van der Waals surface area contributed by atoms with E-state index in [1.165, 1.54) is 12.8 Å². The molecule has 1 N–H and O–H groups in total. The summed E-state index contributed by atoms with van der Waals surface area (Å²) in [6.45, 7) is 30.2. The first-order chi connectivity index (χ1) is 13.2. The van der Waals surface area contributed by atoms with Gasteiger partial charge >= 0.3 is 0 Å². The standard InChI is InChI=1S/C24H49BN4/c1-21(2)15-22(3,4)19-28-12-11-27(10-9-26-17-21)18-23(5,6)16-24(7,8)20-29(25)14-13-28/h26H,9-20H2,1-8H3. The maximum absolute atomic E-state index is 6.48. The quantitative estimate of drug-likeness (QED) is 0.624. The van der Waals surface area contributed by atoms with E-state index in [-0.39, 0.29) is 10.8 Å². The van der Waals surface area contributed by atoms with Gasteiger partial charge in [-0.1, -0.05) is 55.4 Å². The highest BCUT2D eigenvalue weighted by atomic mass is 15.2. The highest BCUT2D eigenvalue weighted by Crippen LogP contribution is 2.36. The van der Waals surface area contributed by atoms with E-state index in [1.54, 1.807) is 0 Å². The topological polar surface area (TPSA) is 21.8 Å². The number of hydrogen-bond acceptors (Lipinski definition) is 4. The number of nitrogens with one attached hydrogen (secondary N) is 1. The molecule has 2 aliphatic heterocycles. The van der Waals surface area contributed by atoms with Crippen LogP contribution in [0.15, 0.2) is 0 Å². The van der Waals surface area contributed by atoms with E-state index in [2.05, 4.69) is 75.3 Å². The molecule has 2 radical (unpaired) electrons. The predicted molar refractivity (Wildman–Crippen MR) is 127 cm³/mol. The van der Waals surface area contributed by atoms with Gasteiger partial charge in [0, 0.05) is 52.4 Å². The van der Waals surface area contributed by atoms with Crippen molar-refractivity contribution >= 4 is 7.98 Å². The normalized spacial score (nSPS) is 34.2. The van der Waals surface area contributed by atoms with Crippen molar-refractivity contribution < 1.29 is 0 Å². The molecule has 2 rings (SSSR count). The van der Waals surface area contributed by atoms with Crippen LogP contribution in [0.4, 0.5) is 0 Å². The molecule has 2 aliphatic rings. The Balaban J connectivity index is 2.26. The summed E-state index contributed by atoms with van der Waals surface area (Å²) in [5.74, 6) is 0. The van der Waals surface area contributed by atoms with E-state index in [9.17, 15) is 0 Å². The Hall–Kier alpha value is -0.0951. The molecule has 5 heteroatoms. The van der Waals surface area contributed by atoms with Crippen molar-refractivity contribution in [2.24, 2.45) is 21.7 Å². The van der Waals surface area contributed by atoms with Gasteiger partial charge in [-0.3, -0.25) is 0 Å². The molecule has 0 amide bonds. The average molecular weight is 404 g/mol. The summed E-state index contributed by atoms with van der Waals surface area (Å²) in [7, 11) is 6.48. The lowest BCUT2D eigenvalue weighted by atomic mass is 9.73. The molecule has 0 saturated carbocycles. The summed E-state index contributed by atoms with van der Waals surface area (Å²) < 4.78 is 0. The first kappa shape index (κ1) is 25.2. The minimum absolute atomic E-state index is 0.223. The zero-order valence-electron chi connectivity index (χ0n) is 20.9. The van der Waals surface area contributed by atoms with Crippen LogP contribution in [0.5, 0.6) is 0 Å². The van der Waals surface area contributed by atoms with E-state index in [1.807, 2.05) is 0 Å². The monoisotopic (exact) mass is 404 g/mol. The van der Waals surface area contributed by atoms with Gasteiger partial charge in [-0.25, -0.2) is 0 Å². The number of nitrogens with zero attached hydrogens (tertiary/aromatic N) is 3. The van der Waals surface area contributed by atoms with Gasteiger partial charge in [-0.05, 0) is 47.6 Å². The third-order valence-corrected chi connectivity index (χ3v) is 6.49. The lowest BCUT2D eigenvalue weighted by molar-refractivity contribution is 0.0665. The third-order valence-electron chi connectivity index (χ3n) is 6.49. The number of fused-ring (bicyclic) bond motifs is 3. The van der Waals surface area contributed by atoms with Crippen LogP contribution in [0.1, 0.15) is 68.2 Å². The van der Waals surface area contributed by atoms with Crippen molar-refractivity contribution in [1.29, 1.82) is 0 Å². The SMILES string of the molecule is [B]N1CCN2CCN(CCNCC(C)(C)CC(C)(C)C2)CC(C)(C)CC(C)(C)C1. The van der Waals surface area contributed by atoms with Crippen LogP contribution in [0.25, 0.3) is 0 Å². The Labute approximate surface area is 183 Å². The first-order valence-corrected chi connectivity index (χ1v) is 11.8. The second-order valence-electron chi connectivity index (χ2n) is 13.2. The van der Waals surface area contributed by atoms with E-state index in [0.29, 0.717) is 10.8 Å². The molecular formula is C24H49BN4. The van der Waals surface area contributed by atoms with Crippen LogP contribution in [0.2, 0.25) is 0 Å². The molecule has 4 nitrogen and oxygen atoms in total. The molecule has 2 atom stereocenters. The van der Waals surface area contributed by atoms with Crippen LogP contribution in [-0.4, -0.2) is 88.0 Å². The van der Waals surface area contributed by atoms with Gasteiger partial charge in [-0.2, -0.15) is 0 Å². The van der Waals surface area contributed by atoms with Gasteiger partial charge in [0.15, 0.2) is 7.98 Å². The molecular weight excluding hydrogens is 355 g/mol. The van der Waals surface area contributed by atoms with Gasteiger partial charge in [-0.15, -0.1) is 0 Å². The Morgan fingerprint density at radius 3 is 1.62 bits per heavy atom. The minimum Gasteiger partial charge on any atom is -0.352 e. The zero-order valence-corrected chi connectivity index (χ0v) is 20.9. The molecule has 2 saturated heterocycles. The van der Waals surface area contributed by atoms with Crippen molar-refractivity contribution in [2.45, 2.75) is 68.2 Å². The first-order valence-electron chi connectivity index (χ1n) is 11.8. The third kappa shape index (κ3) is 9.29. The summed E-state index contributed by atoms with van der Waals surface area (Å²) in [6.07, 6.45) is 2.43. The predicted octanol–water partition coefficient (Wildman–Crippen LogP) is 3.48. The van der Waals surface area contributed by atoms with E-state index >= 15 is 0 Å². The summed E-state index contributed by atoms with van der Waals surface area (Å²) in [6, 6.07) is 0. The summed E-state index contributed by atoms with van der Waals surface area (Å²) in [4.78, 5) is 7.46. The Bertz CT molecular complexity index is 515. The average Bonchev–Trinajstić information content (AvgIpc) is 2.48. The molecule has 2 fully saturated rings. The zero-order chi connectivity index (χ0) is 21.9. The number of hydrogen-bond donors (Lipinski definition) is 1. The molecule has 29 heavy (non-hydrogen) atoms. The summed E-state index contributed by atoms with van der Waals surface area (Å²) in [5.41, 5.74) is 1.11. The van der Waals surface area contributed by atoms with Crippen molar-refractivity contribution in [1.82, 2.24) is 19.9 Å². The fraction of sp³-hybridized carbons (Fsp3) is 1.00. The Morgan fingerprint density at radius 1 is 0.586 bits per heavy atom. The van der Waals surface area contributed by atoms with Crippen molar-refractivity contribution in [2.75, 3.05) is 65.4 Å². The number of rotatable bonds is 0. The maximum Gasteiger partial charge on any atom is 0.182 e. The van der Waals surface area contributed by atoms with Crippen LogP contribution in [-0.2, 0) is 0 Å². The van der Waals surface area contributed by atoms with Gasteiger partial charge in [0.2, 0.25) is 0 Å². The molecule has 168 valence electrons. The van der Waals surface area contributed by atoms with Gasteiger partial charge < -0.3 is 19.9 Å². The molecule has 0 aliphatic carbocycles. The van der Waals surface area contributed by atoms with Crippen molar-refractivity contribution in [3.8, 4) is 0 Å². The lowest BCUT2D eigenvalue weighted by Crippen LogP contribution is -2.50. The van der Waals surface area contributed by atoms with Crippen LogP contribution < -0.4 is 5.32 Å². The van der Waals surface area contributed by atoms with Crippen LogP contribution in [0, 0.1) is 21.7 Å². The van der Waals surface area contributed by atoms with Gasteiger partial charge in [0.05, 0.1) is 0 Å². The molecule has 0 aromatic rings. The fourth-order valence-electron chi connectivity index (χ4n) is 6.42. The Morgan fingerprint density at radius 2 is 1.03 bits per heavy atom. The molecule has 0 spiro atoms. The van der Waals surface area contributed by atoms with E-state index in [4.69, 9.17) is 7.98 Å². The smallest absolute Gasteiger partial charge is 0.182 e. The maximum atomic E-state index is 6.48. The van der Waals surface area contributed by atoms with E-state index < -0.39 is 0 Å². The van der Waals surface area contributed by atoms with Crippen molar-refractivity contribution in [3.63, 3.8) is 0 Å². The van der Waals surface area contributed by atoms with Gasteiger partial charge in [0.1, 0.15) is 0 Å². The van der Waals surface area contributed by atoms with Crippen LogP contribution in [0.3, 0.4) is 0 Å². The van der Waals surface area contributed by atoms with Crippen LogP contribution >= 0.6 is 0 Å². The molecule has 0 aromatic carbocycles. The van der Waals surface area contributed by atoms with E-state index in [0.717, 1.165) is 65.4 Å². The molecule has 2 bridgehead atoms. The summed E-state index contributed by atoms with van der Waals surface area (Å²) >= 11 is 0. The lowest BCUT2D eigenvalue weighted by Gasteiger charge is -2.44.